The van der Waals surface area contributed by atoms with Gasteiger partial charge in [0.25, 0.3) is 0 Å². The van der Waals surface area contributed by atoms with Gasteiger partial charge in [-0.3, -0.25) is 0 Å². The average Bonchev–Trinajstić information content (AvgIpc) is 3.82. The van der Waals surface area contributed by atoms with Crippen molar-refractivity contribution < 1.29 is 0 Å². The fraction of sp³-hybridized carbons (Fsp3) is 0.0137. The predicted octanol–water partition coefficient (Wildman–Crippen LogP) is 20.2. The Morgan fingerprint density at radius 2 is 0.316 bits per heavy atom. The molecule has 0 aromatic heterocycles. The SMILES string of the molecule is c1ccc2c(c1)-c1ccccc1N(c1ccc(C(c3ccc(N4c5ccccc5-c5ccccc5-c5ccccc54)cc3)c3ccc(N4c5ccccc5-c5ccccc5-c5ccccc54)cc3)cc1)c1ccccc1-2. The maximum atomic E-state index is 2.44. The van der Waals surface area contributed by atoms with E-state index >= 15 is 0 Å². The first-order valence-corrected chi connectivity index (χ1v) is 26.3. The second kappa shape index (κ2) is 17.9. The van der Waals surface area contributed by atoms with E-state index in [4.69, 9.17) is 0 Å². The molecule has 0 saturated heterocycles. The molecule has 0 aliphatic carbocycles. The standard InChI is InChI=1S/C73H49N3/c1-2-20-56-55(19-1)61-25-7-13-31-67(61)74(68-32-14-8-26-62(56)68)52-43-37-49(38-44-52)73(50-39-45-53(46-40-50)75-69-33-15-9-27-63(69)57-21-3-4-22-58(57)64-28-10-16-34-70(64)75)51-41-47-54(48-42-51)76-71-35-17-11-29-65(71)59-23-5-6-24-60(59)66-30-12-18-36-72(66)76/h1-48,73H. The number of anilines is 9. The molecule has 3 aliphatic heterocycles. The molecule has 0 unspecified atom stereocenters. The van der Waals surface area contributed by atoms with E-state index < -0.39 is 0 Å². The van der Waals surface area contributed by atoms with Gasteiger partial charge in [-0.05, 0) is 123 Å². The van der Waals surface area contributed by atoms with Crippen LogP contribution in [0.5, 0.6) is 0 Å². The first-order chi connectivity index (χ1) is 37.7. The van der Waals surface area contributed by atoms with Crippen LogP contribution in [0.15, 0.2) is 291 Å². The van der Waals surface area contributed by atoms with E-state index in [0.29, 0.717) is 0 Å². The first-order valence-electron chi connectivity index (χ1n) is 26.3. The van der Waals surface area contributed by atoms with E-state index in [1.165, 1.54) is 83.5 Å². The van der Waals surface area contributed by atoms with Crippen molar-refractivity contribution in [1.82, 2.24) is 0 Å². The lowest BCUT2D eigenvalue weighted by molar-refractivity contribution is 0.976. The van der Waals surface area contributed by atoms with Crippen LogP contribution in [0.1, 0.15) is 22.6 Å². The molecule has 0 saturated carbocycles. The third-order valence-corrected chi connectivity index (χ3v) is 15.8. The Labute approximate surface area is 444 Å². The number of benzene rings is 12. The van der Waals surface area contributed by atoms with Crippen LogP contribution in [0.25, 0.3) is 66.8 Å². The lowest BCUT2D eigenvalue weighted by Crippen LogP contribution is -2.12. The second-order valence-electron chi connectivity index (χ2n) is 20.0. The highest BCUT2D eigenvalue weighted by Gasteiger charge is 2.30. The number of rotatable bonds is 6. The molecule has 0 fully saturated rings. The summed E-state index contributed by atoms with van der Waals surface area (Å²) in [5, 5.41) is 0. The van der Waals surface area contributed by atoms with Gasteiger partial charge in [0, 0.05) is 56.4 Å². The maximum absolute atomic E-state index is 2.44. The van der Waals surface area contributed by atoms with Crippen molar-refractivity contribution in [3.63, 3.8) is 0 Å². The minimum absolute atomic E-state index is 0.0777. The molecule has 0 atom stereocenters. The van der Waals surface area contributed by atoms with Crippen LogP contribution in [0.2, 0.25) is 0 Å². The maximum Gasteiger partial charge on any atom is 0.0540 e. The van der Waals surface area contributed by atoms with E-state index in [9.17, 15) is 0 Å². The molecular formula is C73H49N3. The zero-order valence-corrected chi connectivity index (χ0v) is 41.6. The minimum Gasteiger partial charge on any atom is -0.309 e. The molecule has 3 nitrogen and oxygen atoms in total. The van der Waals surface area contributed by atoms with Crippen LogP contribution in [0.3, 0.4) is 0 Å². The smallest absolute Gasteiger partial charge is 0.0540 e. The van der Waals surface area contributed by atoms with Gasteiger partial charge in [-0.1, -0.05) is 218 Å². The Bertz CT molecular complexity index is 3560. The Balaban J connectivity index is 0.870. The zero-order chi connectivity index (χ0) is 50.1. The van der Waals surface area contributed by atoms with E-state index in [2.05, 4.69) is 306 Å². The van der Waals surface area contributed by atoms with Crippen molar-refractivity contribution in [3.05, 3.63) is 308 Å². The van der Waals surface area contributed by atoms with Crippen molar-refractivity contribution in [3.8, 4) is 66.8 Å². The van der Waals surface area contributed by atoms with Crippen molar-refractivity contribution in [2.45, 2.75) is 5.92 Å². The Morgan fingerprint density at radius 1 is 0.158 bits per heavy atom. The predicted molar refractivity (Wildman–Crippen MR) is 318 cm³/mol. The molecule has 12 aromatic rings. The molecule has 0 spiro atoms. The molecule has 0 amide bonds. The third kappa shape index (κ3) is 6.97. The number of fused-ring (bicyclic) bond motifs is 15. The van der Waals surface area contributed by atoms with Crippen molar-refractivity contribution in [1.29, 1.82) is 0 Å². The van der Waals surface area contributed by atoms with Gasteiger partial charge in [-0.25, -0.2) is 0 Å². The molecule has 3 aliphatic rings. The molecule has 12 aromatic carbocycles. The van der Waals surface area contributed by atoms with Gasteiger partial charge in [0.05, 0.1) is 34.1 Å². The van der Waals surface area contributed by atoms with Gasteiger partial charge in [0.15, 0.2) is 0 Å². The highest BCUT2D eigenvalue weighted by Crippen LogP contribution is 2.54. The summed E-state index contributed by atoms with van der Waals surface area (Å²) in [6, 6.07) is 107. The molecule has 0 bridgehead atoms. The van der Waals surface area contributed by atoms with E-state index in [0.717, 1.165) is 51.2 Å². The van der Waals surface area contributed by atoms with Crippen molar-refractivity contribution in [2.75, 3.05) is 14.7 Å². The third-order valence-electron chi connectivity index (χ3n) is 15.8. The molecule has 76 heavy (non-hydrogen) atoms. The summed E-state index contributed by atoms with van der Waals surface area (Å²) in [6.45, 7) is 0. The van der Waals surface area contributed by atoms with Gasteiger partial charge in [0.1, 0.15) is 0 Å². The number of para-hydroxylation sites is 6. The summed E-state index contributed by atoms with van der Waals surface area (Å²) in [6.07, 6.45) is 0. The van der Waals surface area contributed by atoms with Crippen LogP contribution < -0.4 is 14.7 Å². The van der Waals surface area contributed by atoms with Crippen LogP contribution in [0, 0.1) is 0 Å². The normalized spacial score (nSPS) is 12.5. The molecule has 3 heterocycles. The van der Waals surface area contributed by atoms with Gasteiger partial charge in [-0.2, -0.15) is 0 Å². The molecular weight excluding hydrogens is 919 g/mol. The lowest BCUT2D eigenvalue weighted by atomic mass is 9.84. The summed E-state index contributed by atoms with van der Waals surface area (Å²) in [5.74, 6) is -0.0777. The summed E-state index contributed by atoms with van der Waals surface area (Å²) < 4.78 is 0. The summed E-state index contributed by atoms with van der Waals surface area (Å²) >= 11 is 0. The quantitative estimate of drug-likeness (QED) is 0.154. The summed E-state index contributed by atoms with van der Waals surface area (Å²) in [4.78, 5) is 7.33. The minimum atomic E-state index is -0.0777. The van der Waals surface area contributed by atoms with E-state index in [1.807, 2.05) is 0 Å². The Morgan fingerprint density at radius 3 is 0.500 bits per heavy atom. The van der Waals surface area contributed by atoms with Gasteiger partial charge in [-0.15, -0.1) is 0 Å². The van der Waals surface area contributed by atoms with Crippen LogP contribution >= 0.6 is 0 Å². The van der Waals surface area contributed by atoms with Crippen LogP contribution in [-0.2, 0) is 0 Å². The molecule has 15 rings (SSSR count). The van der Waals surface area contributed by atoms with E-state index in [1.54, 1.807) is 0 Å². The average molecular weight is 968 g/mol. The number of nitrogens with zero attached hydrogens (tertiary/aromatic N) is 3. The fourth-order valence-corrected chi connectivity index (χ4v) is 12.5. The van der Waals surface area contributed by atoms with Crippen molar-refractivity contribution >= 4 is 51.2 Å². The summed E-state index contributed by atoms with van der Waals surface area (Å²) in [7, 11) is 0. The number of hydrogen-bond donors (Lipinski definition) is 0. The zero-order valence-electron chi connectivity index (χ0n) is 41.6. The second-order valence-corrected chi connectivity index (χ2v) is 20.0. The first kappa shape index (κ1) is 43.6. The van der Waals surface area contributed by atoms with Crippen LogP contribution in [-0.4, -0.2) is 0 Å². The molecule has 3 heteroatoms. The fourth-order valence-electron chi connectivity index (χ4n) is 12.5. The van der Waals surface area contributed by atoms with E-state index in [-0.39, 0.29) is 5.92 Å². The highest BCUT2D eigenvalue weighted by molar-refractivity contribution is 6.05. The van der Waals surface area contributed by atoms with Crippen LogP contribution in [0.4, 0.5) is 51.2 Å². The Hall–Kier alpha value is -9.96. The topological polar surface area (TPSA) is 9.72 Å². The lowest BCUT2D eigenvalue weighted by Gasteiger charge is -2.29. The van der Waals surface area contributed by atoms with Gasteiger partial charge < -0.3 is 14.7 Å². The number of hydrogen-bond acceptors (Lipinski definition) is 3. The highest BCUT2D eigenvalue weighted by atomic mass is 15.2. The summed E-state index contributed by atoms with van der Waals surface area (Å²) in [5.41, 5.74) is 28.7. The Kier molecular flexibility index (Phi) is 10.3. The van der Waals surface area contributed by atoms with Gasteiger partial charge >= 0.3 is 0 Å². The van der Waals surface area contributed by atoms with Crippen molar-refractivity contribution in [2.24, 2.45) is 0 Å². The monoisotopic (exact) mass is 967 g/mol. The van der Waals surface area contributed by atoms with Gasteiger partial charge in [0.2, 0.25) is 0 Å². The largest absolute Gasteiger partial charge is 0.309 e. The molecule has 0 N–H and O–H groups in total. The molecule has 0 radical (unpaired) electrons. The molecule has 356 valence electrons.